The van der Waals surface area contributed by atoms with Gasteiger partial charge in [-0.2, -0.15) is 0 Å². The van der Waals surface area contributed by atoms with Crippen LogP contribution in [0.3, 0.4) is 0 Å². The van der Waals surface area contributed by atoms with E-state index >= 15 is 0 Å². The zero-order valence-corrected chi connectivity index (χ0v) is 13.1. The predicted molar refractivity (Wildman–Crippen MR) is 80.4 cm³/mol. The summed E-state index contributed by atoms with van der Waals surface area (Å²) in [5.41, 5.74) is 2.00. The number of piperazine rings is 1. The summed E-state index contributed by atoms with van der Waals surface area (Å²) in [4.78, 5) is 30.5. The molecule has 1 aliphatic rings. The van der Waals surface area contributed by atoms with E-state index in [9.17, 15) is 9.59 Å². The summed E-state index contributed by atoms with van der Waals surface area (Å²) in [5, 5.41) is 2.83. The lowest BCUT2D eigenvalue weighted by Gasteiger charge is -2.38. The summed E-state index contributed by atoms with van der Waals surface area (Å²) in [6, 6.07) is 1.14. The quantitative estimate of drug-likeness (QED) is 0.917. The molecule has 114 valence electrons. The van der Waals surface area contributed by atoms with Crippen molar-refractivity contribution in [3.05, 3.63) is 29.6 Å². The van der Waals surface area contributed by atoms with Gasteiger partial charge in [-0.05, 0) is 37.3 Å². The first-order chi connectivity index (χ1) is 9.88. The smallest absolute Gasteiger partial charge is 0.246 e. The lowest BCUT2D eigenvalue weighted by Crippen LogP contribution is -2.62. The van der Waals surface area contributed by atoms with Crippen LogP contribution in [0.1, 0.15) is 38.3 Å². The highest BCUT2D eigenvalue weighted by molar-refractivity contribution is 5.96. The van der Waals surface area contributed by atoms with Crippen LogP contribution in [0.15, 0.2) is 18.5 Å². The zero-order valence-electron chi connectivity index (χ0n) is 13.1. The van der Waals surface area contributed by atoms with E-state index in [0.717, 1.165) is 11.1 Å². The molecule has 0 aromatic carbocycles. The van der Waals surface area contributed by atoms with E-state index in [1.807, 2.05) is 26.8 Å². The van der Waals surface area contributed by atoms with Gasteiger partial charge in [0.25, 0.3) is 0 Å². The van der Waals surface area contributed by atoms with Crippen LogP contribution in [0.4, 0.5) is 0 Å². The van der Waals surface area contributed by atoms with Gasteiger partial charge in [0.2, 0.25) is 11.8 Å². The Balaban J connectivity index is 2.18. The van der Waals surface area contributed by atoms with Gasteiger partial charge in [-0.25, -0.2) is 0 Å². The van der Waals surface area contributed by atoms with E-state index in [1.54, 1.807) is 24.2 Å². The van der Waals surface area contributed by atoms with Gasteiger partial charge in [0.1, 0.15) is 12.1 Å². The summed E-state index contributed by atoms with van der Waals surface area (Å²) in [6.07, 6.45) is 4.19. The molecule has 1 aromatic rings. The van der Waals surface area contributed by atoms with Crippen molar-refractivity contribution in [3.8, 4) is 0 Å². The molecule has 0 radical (unpaired) electrons. The zero-order chi connectivity index (χ0) is 15.6. The normalized spacial score (nSPS) is 22.6. The largest absolute Gasteiger partial charge is 0.343 e. The number of aryl methyl sites for hydroxylation is 1. The number of nitrogens with zero attached hydrogens (tertiary/aromatic N) is 2. The monoisotopic (exact) mass is 289 g/mol. The number of rotatable bonds is 4. The number of hydrogen-bond donors (Lipinski definition) is 1. The van der Waals surface area contributed by atoms with E-state index in [-0.39, 0.29) is 11.8 Å². The number of hydrogen-bond acceptors (Lipinski definition) is 3. The molecule has 0 spiro atoms. The maximum absolute atomic E-state index is 12.6. The molecule has 2 rings (SSSR count). The Kier molecular flexibility index (Phi) is 4.60. The molecular formula is C16H23N3O2. The Morgan fingerprint density at radius 1 is 1.33 bits per heavy atom. The highest BCUT2D eigenvalue weighted by atomic mass is 16.2. The topological polar surface area (TPSA) is 62.3 Å². The maximum Gasteiger partial charge on any atom is 0.246 e. The van der Waals surface area contributed by atoms with E-state index < -0.39 is 12.1 Å². The summed E-state index contributed by atoms with van der Waals surface area (Å²) in [5.74, 6) is 0.272. The molecule has 5 nitrogen and oxygen atoms in total. The second-order valence-corrected chi connectivity index (χ2v) is 6.20. The lowest BCUT2D eigenvalue weighted by atomic mass is 9.98. The molecule has 1 aromatic heterocycles. The number of carbonyl (C=O) groups excluding carboxylic acids is 2. The van der Waals surface area contributed by atoms with Gasteiger partial charge in [-0.1, -0.05) is 19.9 Å². The van der Waals surface area contributed by atoms with E-state index in [2.05, 4.69) is 10.3 Å². The van der Waals surface area contributed by atoms with Crippen molar-refractivity contribution < 1.29 is 9.59 Å². The van der Waals surface area contributed by atoms with Crippen LogP contribution in [-0.2, 0) is 16.1 Å². The molecular weight excluding hydrogens is 266 g/mol. The molecule has 1 N–H and O–H groups in total. The van der Waals surface area contributed by atoms with Crippen molar-refractivity contribution in [2.75, 3.05) is 0 Å². The maximum atomic E-state index is 12.6. The second kappa shape index (κ2) is 6.24. The fourth-order valence-electron chi connectivity index (χ4n) is 2.63. The molecule has 2 amide bonds. The van der Waals surface area contributed by atoms with Crippen LogP contribution in [0.2, 0.25) is 0 Å². The molecule has 1 aliphatic heterocycles. The predicted octanol–water partition coefficient (Wildman–Crippen LogP) is 1.65. The Morgan fingerprint density at radius 2 is 2.05 bits per heavy atom. The summed E-state index contributed by atoms with van der Waals surface area (Å²) in [6.45, 7) is 8.25. The number of aromatic nitrogens is 1. The molecule has 2 atom stereocenters. The molecule has 0 aliphatic carbocycles. The third-order valence-electron chi connectivity index (χ3n) is 3.74. The standard InChI is InChI=1S/C16H23N3O2/c1-10(2)5-14-16(21)19(12(4)15(20)18-14)9-13-6-11(3)7-17-8-13/h6-8,10,12,14H,5,9H2,1-4H3,(H,18,20). The van der Waals surface area contributed by atoms with Crippen LogP contribution in [-0.4, -0.2) is 33.8 Å². The number of amides is 2. The molecule has 21 heavy (non-hydrogen) atoms. The lowest BCUT2D eigenvalue weighted by molar-refractivity contribution is -0.149. The molecule has 5 heteroatoms. The fraction of sp³-hybridized carbons (Fsp3) is 0.562. The summed E-state index contributed by atoms with van der Waals surface area (Å²) >= 11 is 0. The van der Waals surface area contributed by atoms with Crippen LogP contribution in [0, 0.1) is 12.8 Å². The van der Waals surface area contributed by atoms with Crippen molar-refractivity contribution >= 4 is 11.8 Å². The molecule has 1 fully saturated rings. The highest BCUT2D eigenvalue weighted by Gasteiger charge is 2.38. The van der Waals surface area contributed by atoms with Crippen LogP contribution in [0.25, 0.3) is 0 Å². The minimum atomic E-state index is -0.443. The molecule has 2 heterocycles. The van der Waals surface area contributed by atoms with Gasteiger partial charge in [0.15, 0.2) is 0 Å². The Morgan fingerprint density at radius 3 is 2.67 bits per heavy atom. The first kappa shape index (κ1) is 15.5. The third kappa shape index (κ3) is 3.60. The highest BCUT2D eigenvalue weighted by Crippen LogP contribution is 2.18. The molecule has 0 saturated carbocycles. The molecule has 2 unspecified atom stereocenters. The van der Waals surface area contributed by atoms with Gasteiger partial charge in [0, 0.05) is 18.9 Å². The molecule has 0 bridgehead atoms. The third-order valence-corrected chi connectivity index (χ3v) is 3.74. The Bertz CT molecular complexity index is 542. The van der Waals surface area contributed by atoms with Gasteiger partial charge in [0.05, 0.1) is 0 Å². The first-order valence-electron chi connectivity index (χ1n) is 7.40. The van der Waals surface area contributed by atoms with Crippen LogP contribution < -0.4 is 5.32 Å². The number of carbonyl (C=O) groups is 2. The SMILES string of the molecule is Cc1cncc(CN2C(=O)C(CC(C)C)NC(=O)C2C)c1. The Labute approximate surface area is 125 Å². The second-order valence-electron chi connectivity index (χ2n) is 6.20. The van der Waals surface area contributed by atoms with Gasteiger partial charge in [-0.3, -0.25) is 14.6 Å². The average Bonchev–Trinajstić information content (AvgIpc) is 2.40. The minimum absolute atomic E-state index is 0.00249. The van der Waals surface area contributed by atoms with Crippen molar-refractivity contribution in [1.29, 1.82) is 0 Å². The van der Waals surface area contributed by atoms with Gasteiger partial charge < -0.3 is 10.2 Å². The summed E-state index contributed by atoms with van der Waals surface area (Å²) < 4.78 is 0. The van der Waals surface area contributed by atoms with Gasteiger partial charge in [-0.15, -0.1) is 0 Å². The van der Waals surface area contributed by atoms with E-state index in [1.165, 1.54) is 0 Å². The van der Waals surface area contributed by atoms with Crippen LogP contribution in [0.5, 0.6) is 0 Å². The van der Waals surface area contributed by atoms with E-state index in [0.29, 0.717) is 18.9 Å². The van der Waals surface area contributed by atoms with E-state index in [4.69, 9.17) is 0 Å². The van der Waals surface area contributed by atoms with Gasteiger partial charge >= 0.3 is 0 Å². The first-order valence-corrected chi connectivity index (χ1v) is 7.40. The van der Waals surface area contributed by atoms with Crippen molar-refractivity contribution in [1.82, 2.24) is 15.2 Å². The van der Waals surface area contributed by atoms with Crippen molar-refractivity contribution in [2.24, 2.45) is 5.92 Å². The average molecular weight is 289 g/mol. The van der Waals surface area contributed by atoms with Crippen LogP contribution >= 0.6 is 0 Å². The van der Waals surface area contributed by atoms with Crippen molar-refractivity contribution in [3.63, 3.8) is 0 Å². The minimum Gasteiger partial charge on any atom is -0.343 e. The summed E-state index contributed by atoms with van der Waals surface area (Å²) in [7, 11) is 0. The number of pyridine rings is 1. The Hall–Kier alpha value is -1.91. The molecule has 1 saturated heterocycles. The van der Waals surface area contributed by atoms with Crippen molar-refractivity contribution in [2.45, 2.75) is 52.7 Å². The number of nitrogens with one attached hydrogen (secondary N) is 1. The fourth-order valence-corrected chi connectivity index (χ4v) is 2.63.